The van der Waals surface area contributed by atoms with Gasteiger partial charge in [-0.25, -0.2) is 8.78 Å². The van der Waals surface area contributed by atoms with Crippen molar-refractivity contribution in [1.82, 2.24) is 25.1 Å². The van der Waals surface area contributed by atoms with E-state index in [-0.39, 0.29) is 19.7 Å². The molecule has 114 valence electrons. The minimum absolute atomic E-state index is 0.157. The molecule has 1 N–H and O–H groups in total. The summed E-state index contributed by atoms with van der Waals surface area (Å²) >= 11 is 1.43. The van der Waals surface area contributed by atoms with Gasteiger partial charge in [0.2, 0.25) is 11.7 Å². The van der Waals surface area contributed by atoms with Crippen molar-refractivity contribution in [3.8, 4) is 10.7 Å². The average molecular weight is 317 g/mol. The van der Waals surface area contributed by atoms with Crippen molar-refractivity contribution in [2.75, 3.05) is 19.7 Å². The number of aliphatic hydroxyl groups excluding tert-OH is 1. The molecular weight excluding hydrogens is 304 g/mol. The highest BCUT2D eigenvalue weighted by molar-refractivity contribution is 7.13. The standard InChI is InChI=1S/C11H13F2N5O2S/c12-9(13)6-17(3-4-19)10(20)7-18-15-11(14-16-18)8-2-1-5-21-8/h1-2,5,9,19H,3-4,6-7H2. The molecule has 0 atom stereocenters. The molecule has 2 aromatic heterocycles. The van der Waals surface area contributed by atoms with E-state index in [1.165, 1.54) is 11.3 Å². The van der Waals surface area contributed by atoms with Gasteiger partial charge in [-0.1, -0.05) is 6.07 Å². The van der Waals surface area contributed by atoms with Crippen molar-refractivity contribution in [2.45, 2.75) is 13.0 Å². The van der Waals surface area contributed by atoms with Crippen LogP contribution in [0.15, 0.2) is 17.5 Å². The summed E-state index contributed by atoms with van der Waals surface area (Å²) in [5.41, 5.74) is 0. The largest absolute Gasteiger partial charge is 0.395 e. The van der Waals surface area contributed by atoms with Gasteiger partial charge in [-0.15, -0.1) is 21.5 Å². The van der Waals surface area contributed by atoms with Crippen molar-refractivity contribution < 1.29 is 18.7 Å². The minimum atomic E-state index is -2.66. The maximum Gasteiger partial charge on any atom is 0.255 e. The van der Waals surface area contributed by atoms with Gasteiger partial charge in [0.1, 0.15) is 6.54 Å². The Kier molecular flexibility index (Phi) is 5.28. The fourth-order valence-electron chi connectivity index (χ4n) is 1.64. The first-order valence-electron chi connectivity index (χ1n) is 6.08. The highest BCUT2D eigenvalue weighted by atomic mass is 32.1. The molecule has 0 saturated heterocycles. The van der Waals surface area contributed by atoms with Crippen LogP contribution in [0.25, 0.3) is 10.7 Å². The summed E-state index contributed by atoms with van der Waals surface area (Å²) in [5.74, 6) is -0.222. The molecule has 0 aromatic carbocycles. The zero-order chi connectivity index (χ0) is 15.2. The van der Waals surface area contributed by atoms with E-state index in [1.807, 2.05) is 17.5 Å². The average Bonchev–Trinajstić information content (AvgIpc) is 3.07. The van der Waals surface area contributed by atoms with Gasteiger partial charge in [0, 0.05) is 6.54 Å². The van der Waals surface area contributed by atoms with Crippen molar-refractivity contribution in [2.24, 2.45) is 0 Å². The number of hydrogen-bond donors (Lipinski definition) is 1. The Morgan fingerprint density at radius 2 is 2.33 bits per heavy atom. The van der Waals surface area contributed by atoms with Gasteiger partial charge >= 0.3 is 0 Å². The molecule has 21 heavy (non-hydrogen) atoms. The lowest BCUT2D eigenvalue weighted by atomic mass is 10.4. The van der Waals surface area contributed by atoms with E-state index in [2.05, 4.69) is 15.4 Å². The van der Waals surface area contributed by atoms with E-state index in [9.17, 15) is 13.6 Å². The number of halogens is 2. The van der Waals surface area contributed by atoms with Gasteiger partial charge in [0.15, 0.2) is 0 Å². The van der Waals surface area contributed by atoms with Crippen molar-refractivity contribution in [1.29, 1.82) is 0 Å². The molecule has 2 rings (SSSR count). The number of carbonyl (C=O) groups is 1. The normalized spacial score (nSPS) is 11.0. The lowest BCUT2D eigenvalue weighted by Gasteiger charge is -2.20. The molecule has 7 nitrogen and oxygen atoms in total. The van der Waals surface area contributed by atoms with Crippen LogP contribution in [0.2, 0.25) is 0 Å². The Morgan fingerprint density at radius 3 is 2.95 bits per heavy atom. The zero-order valence-corrected chi connectivity index (χ0v) is 11.7. The first kappa shape index (κ1) is 15.4. The predicted molar refractivity (Wildman–Crippen MR) is 70.8 cm³/mol. The fraction of sp³-hybridized carbons (Fsp3) is 0.455. The maximum atomic E-state index is 12.4. The molecule has 1 amide bonds. The fourth-order valence-corrected chi connectivity index (χ4v) is 2.29. The minimum Gasteiger partial charge on any atom is -0.395 e. The van der Waals surface area contributed by atoms with Gasteiger partial charge in [0.25, 0.3) is 6.43 Å². The highest BCUT2D eigenvalue weighted by Gasteiger charge is 2.19. The summed E-state index contributed by atoms with van der Waals surface area (Å²) in [4.78, 5) is 14.6. The number of aliphatic hydroxyl groups is 1. The second kappa shape index (κ2) is 7.18. The molecule has 0 aliphatic heterocycles. The van der Waals surface area contributed by atoms with Crippen LogP contribution < -0.4 is 0 Å². The van der Waals surface area contributed by atoms with Gasteiger partial charge in [-0.3, -0.25) is 4.79 Å². The van der Waals surface area contributed by atoms with E-state index in [4.69, 9.17) is 5.11 Å². The SMILES string of the molecule is O=C(Cn1nnc(-c2cccs2)n1)N(CCO)CC(F)F. The smallest absolute Gasteiger partial charge is 0.255 e. The monoisotopic (exact) mass is 317 g/mol. The number of nitrogens with zero attached hydrogens (tertiary/aromatic N) is 5. The predicted octanol–water partition coefficient (Wildman–Crippen LogP) is 0.488. The van der Waals surface area contributed by atoms with Gasteiger partial charge in [-0.05, 0) is 16.7 Å². The molecule has 2 heterocycles. The summed E-state index contributed by atoms with van der Waals surface area (Å²) < 4.78 is 24.7. The number of thiophene rings is 1. The molecule has 0 aliphatic carbocycles. The van der Waals surface area contributed by atoms with Crippen LogP contribution in [-0.4, -0.2) is 62.2 Å². The van der Waals surface area contributed by atoms with E-state index in [1.54, 1.807) is 0 Å². The van der Waals surface area contributed by atoms with Crippen LogP contribution in [0, 0.1) is 0 Å². The third-order valence-electron chi connectivity index (χ3n) is 2.55. The van der Waals surface area contributed by atoms with Crippen LogP contribution in [0.5, 0.6) is 0 Å². The Morgan fingerprint density at radius 1 is 1.52 bits per heavy atom. The number of carbonyl (C=O) groups excluding carboxylic acids is 1. The van der Waals surface area contributed by atoms with Gasteiger partial charge in [0.05, 0.1) is 18.0 Å². The summed E-state index contributed by atoms with van der Waals surface area (Å²) in [6.07, 6.45) is -2.66. The third-order valence-corrected chi connectivity index (χ3v) is 3.42. The van der Waals surface area contributed by atoms with E-state index in [0.29, 0.717) is 5.82 Å². The molecular formula is C11H13F2N5O2S. The summed E-state index contributed by atoms with van der Waals surface area (Å²) in [7, 11) is 0. The zero-order valence-electron chi connectivity index (χ0n) is 10.9. The van der Waals surface area contributed by atoms with Gasteiger partial charge < -0.3 is 10.0 Å². The van der Waals surface area contributed by atoms with Crippen LogP contribution in [0.4, 0.5) is 8.78 Å². The van der Waals surface area contributed by atoms with Crippen LogP contribution in [0.1, 0.15) is 0 Å². The lowest BCUT2D eigenvalue weighted by Crippen LogP contribution is -2.39. The van der Waals surface area contributed by atoms with Crippen molar-refractivity contribution in [3.63, 3.8) is 0 Å². The number of alkyl halides is 2. The summed E-state index contributed by atoms with van der Waals surface area (Å²) in [6.45, 7) is -1.57. The Hall–Kier alpha value is -1.94. The number of amides is 1. The lowest BCUT2D eigenvalue weighted by molar-refractivity contribution is -0.134. The summed E-state index contributed by atoms with van der Waals surface area (Å²) in [5, 5.41) is 22.2. The van der Waals surface area contributed by atoms with Crippen LogP contribution >= 0.6 is 11.3 Å². The number of aromatic nitrogens is 4. The Bertz CT molecular complexity index is 575. The molecule has 2 aromatic rings. The van der Waals surface area contributed by atoms with Crippen LogP contribution in [-0.2, 0) is 11.3 Å². The maximum absolute atomic E-state index is 12.4. The van der Waals surface area contributed by atoms with E-state index < -0.39 is 18.9 Å². The number of rotatable bonds is 7. The first-order chi connectivity index (χ1) is 10.1. The van der Waals surface area contributed by atoms with Crippen molar-refractivity contribution in [3.05, 3.63) is 17.5 Å². The molecule has 0 bridgehead atoms. The first-order valence-corrected chi connectivity index (χ1v) is 6.96. The second-order valence-corrected chi connectivity index (χ2v) is 5.02. The second-order valence-electron chi connectivity index (χ2n) is 4.08. The number of tetrazole rings is 1. The third kappa shape index (κ3) is 4.26. The molecule has 0 fully saturated rings. The van der Waals surface area contributed by atoms with Crippen molar-refractivity contribution >= 4 is 17.2 Å². The number of hydrogen-bond acceptors (Lipinski definition) is 6. The Balaban J connectivity index is 2.01. The van der Waals surface area contributed by atoms with E-state index in [0.717, 1.165) is 14.6 Å². The van der Waals surface area contributed by atoms with Gasteiger partial charge in [-0.2, -0.15) is 4.80 Å². The quantitative estimate of drug-likeness (QED) is 0.803. The van der Waals surface area contributed by atoms with Crippen LogP contribution in [0.3, 0.4) is 0 Å². The molecule has 0 spiro atoms. The highest BCUT2D eigenvalue weighted by Crippen LogP contribution is 2.19. The molecule has 0 aliphatic rings. The molecule has 10 heteroatoms. The Labute approximate surface area is 122 Å². The molecule has 0 unspecified atom stereocenters. The van der Waals surface area contributed by atoms with E-state index >= 15 is 0 Å². The summed E-state index contributed by atoms with van der Waals surface area (Å²) in [6, 6.07) is 3.64. The molecule has 0 radical (unpaired) electrons. The topological polar surface area (TPSA) is 84.1 Å². The molecule has 0 saturated carbocycles.